The lowest BCUT2D eigenvalue weighted by molar-refractivity contribution is 0.0993. The highest BCUT2D eigenvalue weighted by Gasteiger charge is 2.28. The molecule has 0 atom stereocenters. The number of nitrogens with zero attached hydrogens (tertiary/aromatic N) is 6. The Hall–Kier alpha value is -3.42. The van der Waals surface area contributed by atoms with E-state index in [2.05, 4.69) is 20.4 Å². The van der Waals surface area contributed by atoms with Crippen LogP contribution in [0.1, 0.15) is 10.4 Å². The minimum absolute atomic E-state index is 0.104. The maximum Gasteiger partial charge on any atom is 0.261 e. The average Bonchev–Trinajstić information content (AvgIpc) is 3.01. The fourth-order valence-electron chi connectivity index (χ4n) is 2.88. The van der Waals surface area contributed by atoms with Crippen molar-refractivity contribution >= 4 is 34.7 Å². The minimum Gasteiger partial charge on any atom is -0.340 e. The fraction of sp³-hybridized carbons (Fsp3) is 0.176. The molecule has 0 aliphatic carbocycles. The van der Waals surface area contributed by atoms with Gasteiger partial charge in [-0.05, 0) is 12.1 Å². The average molecular weight is 335 g/mol. The number of benzene rings is 1. The Kier molecular flexibility index (Phi) is 3.38. The van der Waals surface area contributed by atoms with Gasteiger partial charge < -0.3 is 10.2 Å². The smallest absolute Gasteiger partial charge is 0.261 e. The molecule has 1 amide bonds. The molecule has 0 spiro atoms. The molecule has 0 saturated heterocycles. The summed E-state index contributed by atoms with van der Waals surface area (Å²) in [6.45, 7) is 0. The highest BCUT2D eigenvalue weighted by atomic mass is 16.2. The molecule has 3 heterocycles. The first kappa shape index (κ1) is 15.1. The van der Waals surface area contributed by atoms with Gasteiger partial charge in [0, 0.05) is 27.3 Å². The zero-order valence-corrected chi connectivity index (χ0v) is 14.1. The Morgan fingerprint density at radius 2 is 1.80 bits per heavy atom. The van der Waals surface area contributed by atoms with Crippen molar-refractivity contribution < 1.29 is 4.79 Å². The summed E-state index contributed by atoms with van der Waals surface area (Å²) in [7, 11) is 5.46. The zero-order valence-electron chi connectivity index (χ0n) is 14.1. The van der Waals surface area contributed by atoms with Crippen LogP contribution in [0.2, 0.25) is 0 Å². The first-order valence-corrected chi connectivity index (χ1v) is 7.78. The number of rotatable bonds is 2. The molecular formula is C17H17N7O. The maximum absolute atomic E-state index is 12.8. The summed E-state index contributed by atoms with van der Waals surface area (Å²) in [6.07, 6.45) is 5.23. The van der Waals surface area contributed by atoms with Crippen molar-refractivity contribution in [3.63, 3.8) is 0 Å². The summed E-state index contributed by atoms with van der Waals surface area (Å²) in [5.74, 6) is 0.850. The van der Waals surface area contributed by atoms with Crippen molar-refractivity contribution in [1.82, 2.24) is 19.7 Å². The van der Waals surface area contributed by atoms with Gasteiger partial charge >= 0.3 is 0 Å². The second kappa shape index (κ2) is 5.59. The van der Waals surface area contributed by atoms with E-state index in [0.29, 0.717) is 17.3 Å². The van der Waals surface area contributed by atoms with Crippen LogP contribution in [-0.4, -0.2) is 39.8 Å². The Morgan fingerprint density at radius 3 is 2.56 bits per heavy atom. The highest BCUT2D eigenvalue weighted by molar-refractivity contribution is 6.12. The third kappa shape index (κ3) is 2.47. The first-order valence-electron chi connectivity index (χ1n) is 7.78. The fourth-order valence-corrected chi connectivity index (χ4v) is 2.88. The second-order valence-electron chi connectivity index (χ2n) is 5.87. The maximum atomic E-state index is 12.8. The molecule has 0 radical (unpaired) electrons. The van der Waals surface area contributed by atoms with Crippen molar-refractivity contribution in [2.24, 2.45) is 7.05 Å². The molecule has 1 aliphatic heterocycles. The molecule has 8 heteroatoms. The van der Waals surface area contributed by atoms with E-state index < -0.39 is 0 Å². The SMILES string of the molecule is CN1C(=O)c2ccccc2N(C)c2cnc(Nc3cnn(C)c3)nc21. The molecule has 0 unspecified atom stereocenters. The third-order valence-corrected chi connectivity index (χ3v) is 4.19. The van der Waals surface area contributed by atoms with Gasteiger partial charge in [-0.2, -0.15) is 10.1 Å². The zero-order chi connectivity index (χ0) is 17.6. The monoisotopic (exact) mass is 335 g/mol. The number of para-hydroxylation sites is 1. The Balaban J connectivity index is 1.78. The number of amides is 1. The van der Waals surface area contributed by atoms with Crippen LogP contribution in [-0.2, 0) is 7.05 Å². The summed E-state index contributed by atoms with van der Waals surface area (Å²) in [4.78, 5) is 25.2. The van der Waals surface area contributed by atoms with Crippen LogP contribution >= 0.6 is 0 Å². The molecule has 3 aromatic rings. The van der Waals surface area contributed by atoms with Crippen LogP contribution in [0.25, 0.3) is 0 Å². The Morgan fingerprint density at radius 1 is 1.00 bits per heavy atom. The van der Waals surface area contributed by atoms with E-state index in [0.717, 1.165) is 17.1 Å². The summed E-state index contributed by atoms with van der Waals surface area (Å²) < 4.78 is 1.69. The predicted molar refractivity (Wildman–Crippen MR) is 95.8 cm³/mol. The summed E-state index contributed by atoms with van der Waals surface area (Å²) in [5.41, 5.74) is 3.00. The number of carbonyl (C=O) groups excluding carboxylic acids is 1. The van der Waals surface area contributed by atoms with Crippen LogP contribution in [0.3, 0.4) is 0 Å². The molecule has 2 aromatic heterocycles. The van der Waals surface area contributed by atoms with Gasteiger partial charge in [0.15, 0.2) is 5.82 Å². The number of anilines is 5. The molecular weight excluding hydrogens is 318 g/mol. The van der Waals surface area contributed by atoms with E-state index in [1.807, 2.05) is 49.5 Å². The van der Waals surface area contributed by atoms with E-state index in [4.69, 9.17) is 0 Å². The van der Waals surface area contributed by atoms with Crippen LogP contribution in [0.4, 0.5) is 28.8 Å². The van der Waals surface area contributed by atoms with Crippen LogP contribution in [0.15, 0.2) is 42.9 Å². The van der Waals surface area contributed by atoms with Crippen LogP contribution in [0.5, 0.6) is 0 Å². The van der Waals surface area contributed by atoms with E-state index in [1.165, 1.54) is 0 Å². The number of aromatic nitrogens is 4. The molecule has 126 valence electrons. The van der Waals surface area contributed by atoms with Gasteiger partial charge in [-0.25, -0.2) is 4.98 Å². The highest BCUT2D eigenvalue weighted by Crippen LogP contribution is 2.37. The lowest BCUT2D eigenvalue weighted by Gasteiger charge is -2.21. The number of fused-ring (bicyclic) bond motifs is 2. The number of carbonyl (C=O) groups is 1. The molecule has 1 aliphatic rings. The second-order valence-corrected chi connectivity index (χ2v) is 5.87. The van der Waals surface area contributed by atoms with E-state index in [-0.39, 0.29) is 5.91 Å². The summed E-state index contributed by atoms with van der Waals surface area (Å²) in [6, 6.07) is 7.50. The molecule has 8 nitrogen and oxygen atoms in total. The largest absolute Gasteiger partial charge is 0.340 e. The minimum atomic E-state index is -0.104. The Bertz CT molecular complexity index is 965. The van der Waals surface area contributed by atoms with Gasteiger partial charge in [0.25, 0.3) is 5.91 Å². The molecule has 1 aromatic carbocycles. The summed E-state index contributed by atoms with van der Waals surface area (Å²) in [5, 5.41) is 7.21. The molecule has 0 bridgehead atoms. The van der Waals surface area contributed by atoms with Crippen molar-refractivity contribution in [1.29, 1.82) is 0 Å². The normalized spacial score (nSPS) is 13.3. The van der Waals surface area contributed by atoms with Crippen molar-refractivity contribution in [2.45, 2.75) is 0 Å². The first-order chi connectivity index (χ1) is 12.0. The van der Waals surface area contributed by atoms with E-state index in [9.17, 15) is 4.79 Å². The van der Waals surface area contributed by atoms with E-state index >= 15 is 0 Å². The standard InChI is InChI=1S/C17H17N7O/c1-22-10-11(8-19-22)20-17-18-9-14-15(21-17)24(3)16(25)12-6-4-5-7-13(12)23(14)2/h4-10H,1-3H3,(H,18,20,21). The number of nitrogens with one attached hydrogen (secondary N) is 1. The van der Waals surface area contributed by atoms with Crippen LogP contribution in [0, 0.1) is 0 Å². The van der Waals surface area contributed by atoms with Crippen molar-refractivity contribution in [3.8, 4) is 0 Å². The quantitative estimate of drug-likeness (QED) is 0.774. The topological polar surface area (TPSA) is 79.2 Å². The van der Waals surface area contributed by atoms with Gasteiger partial charge in [-0.15, -0.1) is 0 Å². The molecule has 0 fully saturated rings. The summed E-state index contributed by atoms with van der Waals surface area (Å²) >= 11 is 0. The van der Waals surface area contributed by atoms with Gasteiger partial charge in [-0.3, -0.25) is 14.4 Å². The third-order valence-electron chi connectivity index (χ3n) is 4.19. The number of hydrogen-bond acceptors (Lipinski definition) is 6. The lowest BCUT2D eigenvalue weighted by Crippen LogP contribution is -2.26. The van der Waals surface area contributed by atoms with E-state index in [1.54, 1.807) is 29.0 Å². The van der Waals surface area contributed by atoms with Crippen molar-refractivity contribution in [3.05, 3.63) is 48.4 Å². The number of hydrogen-bond donors (Lipinski definition) is 1. The predicted octanol–water partition coefficient (Wildman–Crippen LogP) is 2.31. The van der Waals surface area contributed by atoms with Gasteiger partial charge in [0.2, 0.25) is 5.95 Å². The Labute approximate surface area is 144 Å². The van der Waals surface area contributed by atoms with Gasteiger partial charge in [-0.1, -0.05) is 12.1 Å². The van der Waals surface area contributed by atoms with Gasteiger partial charge in [0.05, 0.1) is 29.3 Å². The lowest BCUT2D eigenvalue weighted by atomic mass is 10.1. The molecule has 0 saturated carbocycles. The van der Waals surface area contributed by atoms with Gasteiger partial charge in [0.1, 0.15) is 5.69 Å². The van der Waals surface area contributed by atoms with Crippen molar-refractivity contribution in [2.75, 3.05) is 29.2 Å². The molecule has 1 N–H and O–H groups in total. The number of aryl methyl sites for hydroxylation is 1. The molecule has 25 heavy (non-hydrogen) atoms. The molecule has 4 rings (SSSR count). The van der Waals surface area contributed by atoms with Crippen LogP contribution < -0.4 is 15.1 Å².